The van der Waals surface area contributed by atoms with Crippen LogP contribution in [0, 0.1) is 0 Å². The lowest BCUT2D eigenvalue weighted by atomic mass is 10.1. The molecule has 1 N–H and O–H groups in total. The highest BCUT2D eigenvalue weighted by Crippen LogP contribution is 2.27. The largest absolute Gasteiger partial charge is 0.493 e. The van der Waals surface area contributed by atoms with Crippen molar-refractivity contribution >= 4 is 17.5 Å². The molecule has 0 fully saturated rings. The first-order valence-corrected chi connectivity index (χ1v) is 8.88. The smallest absolute Gasteiger partial charge is 0.251 e. The zero-order valence-electron chi connectivity index (χ0n) is 16.2. The van der Waals surface area contributed by atoms with Gasteiger partial charge in [-0.15, -0.1) is 0 Å². The molecule has 2 amide bonds. The molecule has 2 aromatic carbocycles. The first kappa shape index (κ1) is 20.3. The van der Waals surface area contributed by atoms with Crippen LogP contribution in [-0.2, 0) is 11.2 Å². The quantitative estimate of drug-likeness (QED) is 0.775. The first-order chi connectivity index (χ1) is 13.0. The SMILES string of the molecule is CCc1ccccc1N(CCNC(=O)c1ccc(OC)c(OC)c1)C(C)=O. The third kappa shape index (κ3) is 5.00. The zero-order valence-corrected chi connectivity index (χ0v) is 16.2. The fourth-order valence-corrected chi connectivity index (χ4v) is 2.88. The minimum absolute atomic E-state index is 0.0590. The van der Waals surface area contributed by atoms with Crippen LogP contribution in [-0.4, -0.2) is 39.1 Å². The molecule has 2 aromatic rings. The Morgan fingerprint density at radius 3 is 2.37 bits per heavy atom. The Labute approximate surface area is 160 Å². The van der Waals surface area contributed by atoms with Crippen molar-refractivity contribution in [2.45, 2.75) is 20.3 Å². The molecule has 0 saturated carbocycles. The van der Waals surface area contributed by atoms with E-state index in [1.807, 2.05) is 24.3 Å². The number of carbonyl (C=O) groups excluding carboxylic acids is 2. The number of ether oxygens (including phenoxy) is 2. The summed E-state index contributed by atoms with van der Waals surface area (Å²) in [7, 11) is 3.07. The van der Waals surface area contributed by atoms with Crippen molar-refractivity contribution < 1.29 is 19.1 Å². The number of benzene rings is 2. The lowest BCUT2D eigenvalue weighted by Gasteiger charge is -2.24. The Morgan fingerprint density at radius 2 is 1.74 bits per heavy atom. The Balaban J connectivity index is 2.05. The molecular weight excluding hydrogens is 344 g/mol. The van der Waals surface area contributed by atoms with Gasteiger partial charge in [0, 0.05) is 31.3 Å². The maximum Gasteiger partial charge on any atom is 0.251 e. The molecule has 0 heterocycles. The molecule has 0 aliphatic carbocycles. The van der Waals surface area contributed by atoms with Crippen LogP contribution >= 0.6 is 0 Å². The maximum atomic E-state index is 12.4. The molecule has 0 aliphatic heterocycles. The van der Waals surface area contributed by atoms with Gasteiger partial charge in [-0.2, -0.15) is 0 Å². The number of amides is 2. The van der Waals surface area contributed by atoms with Crippen molar-refractivity contribution in [3.05, 3.63) is 53.6 Å². The fraction of sp³-hybridized carbons (Fsp3) is 0.333. The molecule has 0 bridgehead atoms. The van der Waals surface area contributed by atoms with Crippen LogP contribution in [0.4, 0.5) is 5.69 Å². The summed E-state index contributed by atoms with van der Waals surface area (Å²) in [4.78, 5) is 26.2. The monoisotopic (exact) mass is 370 g/mol. The summed E-state index contributed by atoms with van der Waals surface area (Å²) in [5.74, 6) is 0.764. The Kier molecular flexibility index (Phi) is 7.23. The molecule has 0 saturated heterocycles. The van der Waals surface area contributed by atoms with Gasteiger partial charge in [-0.05, 0) is 36.2 Å². The molecule has 0 atom stereocenters. The van der Waals surface area contributed by atoms with E-state index in [0.29, 0.717) is 30.2 Å². The fourth-order valence-electron chi connectivity index (χ4n) is 2.88. The summed E-state index contributed by atoms with van der Waals surface area (Å²) in [6.07, 6.45) is 0.831. The van der Waals surface area contributed by atoms with E-state index >= 15 is 0 Å². The number of hydrogen-bond donors (Lipinski definition) is 1. The number of rotatable bonds is 8. The Hall–Kier alpha value is -3.02. The van der Waals surface area contributed by atoms with E-state index in [9.17, 15) is 9.59 Å². The second-order valence-electron chi connectivity index (χ2n) is 5.98. The molecule has 144 valence electrons. The van der Waals surface area contributed by atoms with Gasteiger partial charge in [-0.3, -0.25) is 9.59 Å². The van der Waals surface area contributed by atoms with Crippen molar-refractivity contribution in [1.29, 1.82) is 0 Å². The van der Waals surface area contributed by atoms with Crippen molar-refractivity contribution in [2.24, 2.45) is 0 Å². The lowest BCUT2D eigenvalue weighted by Crippen LogP contribution is -2.38. The van der Waals surface area contributed by atoms with Gasteiger partial charge in [0.15, 0.2) is 11.5 Å². The number of nitrogens with zero attached hydrogens (tertiary/aromatic N) is 1. The second-order valence-corrected chi connectivity index (χ2v) is 5.98. The molecule has 0 spiro atoms. The van der Waals surface area contributed by atoms with Crippen LogP contribution in [0.2, 0.25) is 0 Å². The third-order valence-electron chi connectivity index (χ3n) is 4.31. The van der Waals surface area contributed by atoms with Gasteiger partial charge < -0.3 is 19.7 Å². The predicted octanol–water partition coefficient (Wildman–Crippen LogP) is 3.05. The van der Waals surface area contributed by atoms with Gasteiger partial charge in [0.25, 0.3) is 5.91 Å². The summed E-state index contributed by atoms with van der Waals surface area (Å²) in [5.41, 5.74) is 2.45. The number of anilines is 1. The minimum Gasteiger partial charge on any atom is -0.493 e. The summed E-state index contributed by atoms with van der Waals surface area (Å²) < 4.78 is 10.4. The van der Waals surface area contributed by atoms with Crippen molar-refractivity contribution in [1.82, 2.24) is 5.32 Å². The summed E-state index contributed by atoms with van der Waals surface area (Å²) >= 11 is 0. The van der Waals surface area contributed by atoms with E-state index in [0.717, 1.165) is 17.7 Å². The molecule has 0 aromatic heterocycles. The number of carbonyl (C=O) groups is 2. The van der Waals surface area contributed by atoms with E-state index in [2.05, 4.69) is 12.2 Å². The number of para-hydroxylation sites is 1. The standard InChI is InChI=1S/C21H26N2O4/c1-5-16-8-6-7-9-18(16)23(15(2)24)13-12-22-21(25)17-10-11-19(26-3)20(14-17)27-4/h6-11,14H,5,12-13H2,1-4H3,(H,22,25). The Morgan fingerprint density at radius 1 is 1.04 bits per heavy atom. The topological polar surface area (TPSA) is 67.9 Å². The summed E-state index contributed by atoms with van der Waals surface area (Å²) in [5, 5.41) is 2.85. The van der Waals surface area contributed by atoms with Crippen molar-refractivity contribution in [3.8, 4) is 11.5 Å². The van der Waals surface area contributed by atoms with E-state index < -0.39 is 0 Å². The second kappa shape index (κ2) is 9.62. The molecule has 0 radical (unpaired) electrons. The van der Waals surface area contributed by atoms with E-state index in [4.69, 9.17) is 9.47 Å². The predicted molar refractivity (Wildman–Crippen MR) is 106 cm³/mol. The number of methoxy groups -OCH3 is 2. The van der Waals surface area contributed by atoms with Crippen LogP contribution in [0.1, 0.15) is 29.8 Å². The molecule has 0 unspecified atom stereocenters. The number of nitrogens with one attached hydrogen (secondary N) is 1. The molecule has 0 aliphatic rings. The zero-order chi connectivity index (χ0) is 19.8. The van der Waals surface area contributed by atoms with Gasteiger partial charge in [-0.1, -0.05) is 25.1 Å². The normalized spacial score (nSPS) is 10.2. The Bertz CT molecular complexity index is 805. The highest BCUT2D eigenvalue weighted by atomic mass is 16.5. The highest BCUT2D eigenvalue weighted by Gasteiger charge is 2.15. The van der Waals surface area contributed by atoms with Gasteiger partial charge in [0.2, 0.25) is 5.91 Å². The van der Waals surface area contributed by atoms with Gasteiger partial charge in [-0.25, -0.2) is 0 Å². The van der Waals surface area contributed by atoms with Gasteiger partial charge in [0.05, 0.1) is 14.2 Å². The molecule has 6 heteroatoms. The molecular formula is C21H26N2O4. The number of hydrogen-bond acceptors (Lipinski definition) is 4. The average molecular weight is 370 g/mol. The molecule has 6 nitrogen and oxygen atoms in total. The van der Waals surface area contributed by atoms with Crippen LogP contribution in [0.15, 0.2) is 42.5 Å². The van der Waals surface area contributed by atoms with E-state index in [-0.39, 0.29) is 11.8 Å². The van der Waals surface area contributed by atoms with Gasteiger partial charge in [0.1, 0.15) is 0 Å². The van der Waals surface area contributed by atoms with E-state index in [1.165, 1.54) is 14.0 Å². The average Bonchev–Trinajstić information content (AvgIpc) is 2.70. The molecule has 2 rings (SSSR count). The van der Waals surface area contributed by atoms with Gasteiger partial charge >= 0.3 is 0 Å². The summed E-state index contributed by atoms with van der Waals surface area (Å²) in [6, 6.07) is 12.8. The molecule has 27 heavy (non-hydrogen) atoms. The first-order valence-electron chi connectivity index (χ1n) is 8.88. The summed E-state index contributed by atoms with van der Waals surface area (Å²) in [6.45, 7) is 4.31. The van der Waals surface area contributed by atoms with Crippen molar-refractivity contribution in [2.75, 3.05) is 32.2 Å². The van der Waals surface area contributed by atoms with Crippen molar-refractivity contribution in [3.63, 3.8) is 0 Å². The highest BCUT2D eigenvalue weighted by molar-refractivity contribution is 5.95. The lowest BCUT2D eigenvalue weighted by molar-refractivity contribution is -0.116. The van der Waals surface area contributed by atoms with Crippen LogP contribution in [0.3, 0.4) is 0 Å². The maximum absolute atomic E-state index is 12.4. The minimum atomic E-state index is -0.233. The van der Waals surface area contributed by atoms with E-state index in [1.54, 1.807) is 30.2 Å². The third-order valence-corrected chi connectivity index (χ3v) is 4.31. The van der Waals surface area contributed by atoms with Crippen LogP contribution < -0.4 is 19.7 Å². The van der Waals surface area contributed by atoms with Crippen LogP contribution in [0.5, 0.6) is 11.5 Å². The van der Waals surface area contributed by atoms with Crippen LogP contribution in [0.25, 0.3) is 0 Å². The number of aryl methyl sites for hydroxylation is 1.